The Hall–Kier alpha value is -2.37. The molecule has 5 heterocycles. The number of amidine groups is 1. The van der Waals surface area contributed by atoms with Gasteiger partial charge in [0.25, 0.3) is 6.33 Å². The number of thioether (sulfide) groups is 1. The van der Waals surface area contributed by atoms with Gasteiger partial charge in [0, 0.05) is 24.5 Å². The van der Waals surface area contributed by atoms with E-state index in [0.29, 0.717) is 11.4 Å². The highest BCUT2D eigenvalue weighted by Crippen LogP contribution is 2.51. The second-order valence-electron chi connectivity index (χ2n) is 9.14. The maximum absolute atomic E-state index is 12.7. The van der Waals surface area contributed by atoms with Crippen LogP contribution in [0, 0.1) is 17.2 Å². The van der Waals surface area contributed by atoms with Crippen molar-refractivity contribution in [2.24, 2.45) is 11.8 Å². The summed E-state index contributed by atoms with van der Waals surface area (Å²) in [4.78, 5) is 30.2. The zero-order chi connectivity index (χ0) is 23.8. The van der Waals surface area contributed by atoms with E-state index in [1.165, 1.54) is 4.90 Å². The summed E-state index contributed by atoms with van der Waals surface area (Å²) in [5.41, 5.74) is 0.716. The Labute approximate surface area is 199 Å². The minimum absolute atomic E-state index is 0.0466. The summed E-state index contributed by atoms with van der Waals surface area (Å²) in [5.74, 6) is -1.58. The van der Waals surface area contributed by atoms with Crippen molar-refractivity contribution in [1.29, 1.82) is 5.41 Å². The van der Waals surface area contributed by atoms with E-state index in [0.717, 1.165) is 34.2 Å². The Kier molecular flexibility index (Phi) is 5.33. The quantitative estimate of drug-likeness (QED) is 0.194. The molecule has 5 rings (SSSR count). The number of rotatable bonds is 5. The number of nitrogens with zero attached hydrogens (tertiary/aromatic N) is 4. The summed E-state index contributed by atoms with van der Waals surface area (Å²) in [6.45, 7) is 7.04. The molecule has 0 bridgehead atoms. The van der Waals surface area contributed by atoms with Crippen LogP contribution < -0.4 is 4.57 Å². The fourth-order valence-electron chi connectivity index (χ4n) is 5.65. The van der Waals surface area contributed by atoms with E-state index < -0.39 is 18.0 Å². The lowest BCUT2D eigenvalue weighted by Crippen LogP contribution is -2.63. The zero-order valence-electron chi connectivity index (χ0n) is 19.0. The topological polar surface area (TPSA) is 113 Å². The highest BCUT2D eigenvalue weighted by molar-refractivity contribution is 7.98. The van der Waals surface area contributed by atoms with Crippen molar-refractivity contribution in [2.75, 3.05) is 19.3 Å². The number of fused-ring (bicyclic) bond motifs is 2. The maximum Gasteiger partial charge on any atom is 0.352 e. The Morgan fingerprint density at radius 1 is 1.42 bits per heavy atom. The summed E-state index contributed by atoms with van der Waals surface area (Å²) in [6.07, 6.45) is 6.23. The number of aromatic nitrogens is 2. The monoisotopic (exact) mass is 490 g/mol. The molecule has 176 valence electrons. The second kappa shape index (κ2) is 7.85. The van der Waals surface area contributed by atoms with Crippen LogP contribution in [0.5, 0.6) is 0 Å². The molecular weight excluding hydrogens is 462 g/mol. The van der Waals surface area contributed by atoms with Gasteiger partial charge >= 0.3 is 5.97 Å². The number of thiazole rings is 1. The molecule has 0 spiro atoms. The number of aliphatic hydroxyl groups excluding tert-OH is 1. The number of nitrogens with one attached hydrogen (secondary N) is 1. The van der Waals surface area contributed by atoms with Crippen molar-refractivity contribution in [3.05, 3.63) is 23.1 Å². The SMILES string of the molecule is CSc1c2sc(C3=C(C(=O)O)N4C(=O)[C@H]([C@@H](C)O)[C@H]4[C@H]3C)cn2c[n+]1[C@H]1CCN(C(C)=N)C1. The van der Waals surface area contributed by atoms with Gasteiger partial charge in [-0.1, -0.05) is 30.0 Å². The third-order valence-corrected chi connectivity index (χ3v) is 9.29. The van der Waals surface area contributed by atoms with Crippen LogP contribution >= 0.6 is 23.1 Å². The fraction of sp³-hybridized carbons (Fsp3) is 0.545. The average molecular weight is 491 g/mol. The predicted molar refractivity (Wildman–Crippen MR) is 125 cm³/mol. The van der Waals surface area contributed by atoms with Crippen LogP contribution in [0.4, 0.5) is 0 Å². The number of likely N-dealkylation sites (tertiary alicyclic amines) is 1. The van der Waals surface area contributed by atoms with Gasteiger partial charge in [-0.25, -0.2) is 9.36 Å². The van der Waals surface area contributed by atoms with Gasteiger partial charge in [0.1, 0.15) is 17.9 Å². The molecule has 1 amide bonds. The Balaban J connectivity index is 1.55. The average Bonchev–Trinajstić information content (AvgIpc) is 3.47. The standard InChI is InChI=1S/C22H27N5O4S2/c1-10-15(18(22(30)31)27-17(10)16(11(2)28)19(27)29)14-8-25-9-26(21(32-4)20(25)33-14)13-5-6-24(7-13)12(3)23/h8-11,13,16-17,23,28H,5-7H2,1-4H3/p+1/t10-,11+,13-,16+,17+/m0/s1. The highest BCUT2D eigenvalue weighted by atomic mass is 32.2. The zero-order valence-corrected chi connectivity index (χ0v) is 20.6. The van der Waals surface area contributed by atoms with E-state index in [2.05, 4.69) is 20.2 Å². The molecular formula is C22H28N5O4S2+. The van der Waals surface area contributed by atoms with E-state index >= 15 is 0 Å². The van der Waals surface area contributed by atoms with Crippen molar-refractivity contribution in [1.82, 2.24) is 14.2 Å². The number of carbonyl (C=O) groups excluding carboxylic acids is 1. The predicted octanol–water partition coefficient (Wildman–Crippen LogP) is 1.91. The van der Waals surface area contributed by atoms with Gasteiger partial charge in [0.2, 0.25) is 15.8 Å². The lowest BCUT2D eigenvalue weighted by atomic mass is 9.77. The van der Waals surface area contributed by atoms with Gasteiger partial charge in [-0.3, -0.25) is 10.2 Å². The Morgan fingerprint density at radius 2 is 2.15 bits per heavy atom. The number of carboxylic acids is 1. The van der Waals surface area contributed by atoms with E-state index in [9.17, 15) is 19.8 Å². The summed E-state index contributed by atoms with van der Waals surface area (Å²) in [5, 5.41) is 29.1. The van der Waals surface area contributed by atoms with Gasteiger partial charge in [0.15, 0.2) is 0 Å². The molecule has 2 fully saturated rings. The third-order valence-electron chi connectivity index (χ3n) is 7.23. The summed E-state index contributed by atoms with van der Waals surface area (Å²) in [6, 6.07) is -0.0345. The molecule has 0 unspecified atom stereocenters. The van der Waals surface area contributed by atoms with Gasteiger partial charge in [-0.15, -0.1) is 0 Å². The third kappa shape index (κ3) is 3.16. The molecule has 5 atom stereocenters. The molecule has 0 saturated carbocycles. The van der Waals surface area contributed by atoms with Crippen molar-refractivity contribution in [3.8, 4) is 0 Å². The number of hydrogen-bond acceptors (Lipinski definition) is 6. The number of β-lactam (4-membered cyclic amide) rings is 1. The van der Waals surface area contributed by atoms with Crippen LogP contribution in [-0.2, 0) is 9.59 Å². The largest absolute Gasteiger partial charge is 0.477 e. The van der Waals surface area contributed by atoms with Crippen molar-refractivity contribution < 1.29 is 24.4 Å². The van der Waals surface area contributed by atoms with Crippen LogP contribution in [0.3, 0.4) is 0 Å². The number of aliphatic hydroxyl groups is 1. The Morgan fingerprint density at radius 3 is 2.73 bits per heavy atom. The van der Waals surface area contributed by atoms with Crippen LogP contribution in [0.25, 0.3) is 10.4 Å². The van der Waals surface area contributed by atoms with Gasteiger partial charge in [-0.2, -0.15) is 4.40 Å². The van der Waals surface area contributed by atoms with E-state index in [1.807, 2.05) is 26.3 Å². The Bertz CT molecular complexity index is 1210. The summed E-state index contributed by atoms with van der Waals surface area (Å²) < 4.78 is 4.32. The first-order chi connectivity index (χ1) is 15.6. The molecule has 3 N–H and O–H groups in total. The van der Waals surface area contributed by atoms with E-state index in [-0.39, 0.29) is 29.6 Å². The molecule has 33 heavy (non-hydrogen) atoms. The molecule has 2 aromatic rings. The van der Waals surface area contributed by atoms with Crippen LogP contribution in [0.15, 0.2) is 23.2 Å². The normalized spacial score (nSPS) is 28.0. The molecule has 2 aromatic heterocycles. The maximum atomic E-state index is 12.7. The molecule has 3 aliphatic rings. The lowest BCUT2D eigenvalue weighted by molar-refractivity contribution is -0.751. The van der Waals surface area contributed by atoms with Gasteiger partial charge < -0.3 is 20.0 Å². The lowest BCUT2D eigenvalue weighted by Gasteiger charge is -2.46. The first-order valence-corrected chi connectivity index (χ1v) is 13.1. The summed E-state index contributed by atoms with van der Waals surface area (Å²) >= 11 is 3.20. The summed E-state index contributed by atoms with van der Waals surface area (Å²) in [7, 11) is 0. The molecule has 11 heteroatoms. The smallest absolute Gasteiger partial charge is 0.352 e. The van der Waals surface area contributed by atoms with Crippen molar-refractivity contribution in [2.45, 2.75) is 50.4 Å². The molecule has 0 aliphatic carbocycles. The number of carbonyl (C=O) groups is 2. The van der Waals surface area contributed by atoms with E-state index in [1.54, 1.807) is 30.0 Å². The highest BCUT2D eigenvalue weighted by Gasteiger charge is 2.60. The molecule has 0 aromatic carbocycles. The fourth-order valence-corrected chi connectivity index (χ4v) is 7.88. The number of imidazole rings is 1. The number of carboxylic acid groups (broad SMARTS) is 1. The minimum Gasteiger partial charge on any atom is -0.477 e. The molecule has 2 saturated heterocycles. The van der Waals surface area contributed by atoms with Crippen LogP contribution in [0.1, 0.15) is 38.1 Å². The molecule has 9 nitrogen and oxygen atoms in total. The molecule has 3 aliphatic heterocycles. The van der Waals surface area contributed by atoms with Gasteiger partial charge in [-0.05, 0) is 20.1 Å². The minimum atomic E-state index is -1.11. The second-order valence-corrected chi connectivity index (χ2v) is 11.0. The van der Waals surface area contributed by atoms with Gasteiger partial charge in [0.05, 0.1) is 35.3 Å². The van der Waals surface area contributed by atoms with Crippen molar-refractivity contribution >= 4 is 51.2 Å². The van der Waals surface area contributed by atoms with E-state index in [4.69, 9.17) is 5.41 Å². The molecule has 0 radical (unpaired) electrons. The first kappa shape index (κ1) is 22.4. The number of hydrogen-bond donors (Lipinski definition) is 3. The first-order valence-electron chi connectivity index (χ1n) is 11.0. The van der Waals surface area contributed by atoms with Crippen molar-refractivity contribution in [3.63, 3.8) is 0 Å². The van der Waals surface area contributed by atoms with Crippen LogP contribution in [0.2, 0.25) is 0 Å². The number of amides is 1. The van der Waals surface area contributed by atoms with Crippen LogP contribution in [-0.4, -0.2) is 73.6 Å². The number of aliphatic carboxylic acids is 1.